The van der Waals surface area contributed by atoms with Crippen LogP contribution in [0.1, 0.15) is 49.4 Å². The number of benzene rings is 3. The van der Waals surface area contributed by atoms with Gasteiger partial charge >= 0.3 is 11.9 Å². The fraction of sp³-hybridized carbons (Fsp3) is 0.333. The zero-order valence-electron chi connectivity index (χ0n) is 26.4. The minimum Gasteiger partial charge on any atom is -0.463 e. The van der Waals surface area contributed by atoms with Crippen LogP contribution in [0, 0.1) is 0 Å². The molecule has 1 unspecified atom stereocenters. The molecule has 5 rings (SSSR count). The van der Waals surface area contributed by atoms with Crippen molar-refractivity contribution in [1.29, 1.82) is 0 Å². The molecule has 46 heavy (non-hydrogen) atoms. The first-order valence-corrected chi connectivity index (χ1v) is 15.6. The Hall–Kier alpha value is -3.33. The number of halogens is 3. The minimum absolute atomic E-state index is 0. The lowest BCUT2D eigenvalue weighted by atomic mass is 9.80. The van der Waals surface area contributed by atoms with Crippen LogP contribution in [0.2, 0.25) is 5.02 Å². The molecule has 1 fully saturated rings. The van der Waals surface area contributed by atoms with Crippen molar-refractivity contribution < 1.29 is 19.1 Å². The van der Waals surface area contributed by atoms with Crippen molar-refractivity contribution >= 4 is 48.4 Å². The van der Waals surface area contributed by atoms with Crippen molar-refractivity contribution in [2.45, 2.75) is 32.7 Å². The SMILES string of the molecule is CCOC(=O)C1=C(C)NC(C)=C(C(=O)OCCN2CCN(C(c3ccccc3)c3ccccc3)CC2)C1c1cccc(Cl)c1.Cl.Cl. The van der Waals surface area contributed by atoms with Gasteiger partial charge in [-0.15, -0.1) is 24.8 Å². The number of nitrogens with one attached hydrogen (secondary N) is 1. The lowest BCUT2D eigenvalue weighted by molar-refractivity contribution is -0.140. The highest BCUT2D eigenvalue weighted by Gasteiger charge is 2.38. The van der Waals surface area contributed by atoms with Crippen LogP contribution in [-0.2, 0) is 19.1 Å². The van der Waals surface area contributed by atoms with Gasteiger partial charge in [-0.3, -0.25) is 9.80 Å². The summed E-state index contributed by atoms with van der Waals surface area (Å²) < 4.78 is 11.3. The zero-order chi connectivity index (χ0) is 31.1. The van der Waals surface area contributed by atoms with E-state index in [-0.39, 0.29) is 44.1 Å². The average molecular weight is 687 g/mol. The fourth-order valence-electron chi connectivity index (χ4n) is 6.24. The molecule has 0 bridgehead atoms. The number of piperazine rings is 1. The summed E-state index contributed by atoms with van der Waals surface area (Å²) in [6.07, 6.45) is 0. The van der Waals surface area contributed by atoms with Gasteiger partial charge in [0, 0.05) is 49.1 Å². The first-order valence-electron chi connectivity index (χ1n) is 15.2. The number of esters is 2. The van der Waals surface area contributed by atoms with Gasteiger partial charge in [-0.05, 0) is 49.6 Å². The molecule has 10 heteroatoms. The lowest BCUT2D eigenvalue weighted by Crippen LogP contribution is -2.48. The molecular weight excluding hydrogens is 645 g/mol. The molecule has 1 atom stereocenters. The highest BCUT2D eigenvalue weighted by atomic mass is 35.5. The van der Waals surface area contributed by atoms with E-state index in [1.807, 2.05) is 26.0 Å². The molecule has 3 aromatic carbocycles. The highest BCUT2D eigenvalue weighted by molar-refractivity contribution is 6.30. The standard InChI is InChI=1S/C36H40ClN3O4.2ClH/c1-4-43-35(41)31-25(2)38-26(3)32(33(31)29-16-11-17-30(37)24-29)36(42)44-23-22-39-18-20-40(21-19-39)34(27-12-7-5-8-13-27)28-14-9-6-10-15-28;;/h5-17,24,33-34,38H,4,18-23H2,1-3H3;2*1H. The van der Waals surface area contributed by atoms with E-state index in [1.54, 1.807) is 19.1 Å². The van der Waals surface area contributed by atoms with Crippen LogP contribution in [0.5, 0.6) is 0 Å². The van der Waals surface area contributed by atoms with Gasteiger partial charge in [-0.1, -0.05) is 84.4 Å². The van der Waals surface area contributed by atoms with E-state index < -0.39 is 17.9 Å². The van der Waals surface area contributed by atoms with Crippen LogP contribution in [0.3, 0.4) is 0 Å². The Labute approximate surface area is 289 Å². The average Bonchev–Trinajstić information content (AvgIpc) is 3.02. The molecule has 0 spiro atoms. The van der Waals surface area contributed by atoms with Crippen molar-refractivity contribution in [2.75, 3.05) is 45.9 Å². The van der Waals surface area contributed by atoms with E-state index in [9.17, 15) is 9.59 Å². The number of rotatable bonds is 10. The van der Waals surface area contributed by atoms with E-state index in [4.69, 9.17) is 21.1 Å². The van der Waals surface area contributed by atoms with E-state index in [1.165, 1.54) is 11.1 Å². The number of dihydropyridines is 1. The summed E-state index contributed by atoms with van der Waals surface area (Å²) in [7, 11) is 0. The third-order valence-corrected chi connectivity index (χ3v) is 8.54. The largest absolute Gasteiger partial charge is 0.463 e. The maximum absolute atomic E-state index is 13.7. The molecule has 0 aromatic heterocycles. The molecule has 0 saturated carbocycles. The molecule has 2 aliphatic rings. The number of ether oxygens (including phenoxy) is 2. The summed E-state index contributed by atoms with van der Waals surface area (Å²) in [4.78, 5) is 31.6. The van der Waals surface area contributed by atoms with Gasteiger partial charge in [0.15, 0.2) is 0 Å². The Morgan fingerprint density at radius 1 is 0.804 bits per heavy atom. The van der Waals surface area contributed by atoms with Gasteiger partial charge < -0.3 is 14.8 Å². The van der Waals surface area contributed by atoms with Gasteiger partial charge in [-0.2, -0.15) is 0 Å². The number of carbonyl (C=O) groups is 2. The van der Waals surface area contributed by atoms with Crippen molar-refractivity contribution in [3.63, 3.8) is 0 Å². The van der Waals surface area contributed by atoms with Crippen LogP contribution >= 0.6 is 36.4 Å². The molecule has 0 amide bonds. The number of hydrogen-bond acceptors (Lipinski definition) is 7. The van der Waals surface area contributed by atoms with Crippen LogP contribution in [-0.4, -0.2) is 67.7 Å². The number of allylic oxidation sites excluding steroid dienone is 2. The summed E-state index contributed by atoms with van der Waals surface area (Å²) in [6, 6.07) is 28.7. The summed E-state index contributed by atoms with van der Waals surface area (Å²) in [5.74, 6) is -1.58. The predicted molar refractivity (Wildman–Crippen MR) is 188 cm³/mol. The lowest BCUT2D eigenvalue weighted by Gasteiger charge is -2.39. The van der Waals surface area contributed by atoms with Crippen LogP contribution in [0.4, 0.5) is 0 Å². The maximum Gasteiger partial charge on any atom is 0.336 e. The van der Waals surface area contributed by atoms with Crippen molar-refractivity contribution in [2.24, 2.45) is 0 Å². The Morgan fingerprint density at radius 2 is 1.35 bits per heavy atom. The molecule has 1 N–H and O–H groups in total. The second-order valence-electron chi connectivity index (χ2n) is 11.1. The van der Waals surface area contributed by atoms with Crippen LogP contribution in [0.25, 0.3) is 0 Å². The fourth-order valence-corrected chi connectivity index (χ4v) is 6.44. The molecule has 1 saturated heterocycles. The van der Waals surface area contributed by atoms with Crippen molar-refractivity contribution in [3.05, 3.63) is 129 Å². The third kappa shape index (κ3) is 8.72. The Morgan fingerprint density at radius 3 is 1.87 bits per heavy atom. The first kappa shape index (κ1) is 37.1. The summed E-state index contributed by atoms with van der Waals surface area (Å²) in [6.45, 7) is 10.1. The molecule has 0 aliphatic carbocycles. The van der Waals surface area contributed by atoms with Crippen LogP contribution < -0.4 is 5.32 Å². The Balaban J connectivity index is 0.00000288. The summed E-state index contributed by atoms with van der Waals surface area (Å²) in [5, 5.41) is 3.73. The summed E-state index contributed by atoms with van der Waals surface area (Å²) in [5.41, 5.74) is 5.36. The van der Waals surface area contributed by atoms with E-state index in [2.05, 4.69) is 75.8 Å². The Kier molecular flexibility index (Phi) is 14.2. The first-order chi connectivity index (χ1) is 21.4. The molecule has 2 heterocycles. The van der Waals surface area contributed by atoms with Gasteiger partial charge in [-0.25, -0.2) is 9.59 Å². The topological polar surface area (TPSA) is 71.1 Å². The van der Waals surface area contributed by atoms with E-state index >= 15 is 0 Å². The second-order valence-corrected chi connectivity index (χ2v) is 11.6. The molecule has 3 aromatic rings. The van der Waals surface area contributed by atoms with Crippen molar-refractivity contribution in [3.8, 4) is 0 Å². The quantitative estimate of drug-likeness (QED) is 0.232. The minimum atomic E-state index is -0.655. The monoisotopic (exact) mass is 685 g/mol. The second kappa shape index (κ2) is 17.5. The van der Waals surface area contributed by atoms with E-state index in [0.717, 1.165) is 31.7 Å². The van der Waals surface area contributed by atoms with Crippen molar-refractivity contribution in [1.82, 2.24) is 15.1 Å². The van der Waals surface area contributed by atoms with Crippen LogP contribution in [0.15, 0.2) is 107 Å². The van der Waals surface area contributed by atoms with Gasteiger partial charge in [0.1, 0.15) is 6.61 Å². The normalized spacial score (nSPS) is 17.1. The zero-order valence-corrected chi connectivity index (χ0v) is 28.8. The molecular formula is C36H42Cl3N3O4. The number of hydrogen-bond donors (Lipinski definition) is 1. The smallest absolute Gasteiger partial charge is 0.336 e. The number of carbonyl (C=O) groups excluding carboxylic acids is 2. The Bertz CT molecular complexity index is 1480. The highest BCUT2D eigenvalue weighted by Crippen LogP contribution is 2.40. The molecule has 246 valence electrons. The van der Waals surface area contributed by atoms with E-state index in [0.29, 0.717) is 34.1 Å². The van der Waals surface area contributed by atoms with Gasteiger partial charge in [0.25, 0.3) is 0 Å². The molecule has 0 radical (unpaired) electrons. The molecule has 2 aliphatic heterocycles. The molecule has 7 nitrogen and oxygen atoms in total. The van der Waals surface area contributed by atoms with Gasteiger partial charge in [0.2, 0.25) is 0 Å². The van der Waals surface area contributed by atoms with Gasteiger partial charge in [0.05, 0.1) is 29.7 Å². The third-order valence-electron chi connectivity index (χ3n) is 8.30. The predicted octanol–water partition coefficient (Wildman–Crippen LogP) is 6.93. The summed E-state index contributed by atoms with van der Waals surface area (Å²) >= 11 is 6.33. The maximum atomic E-state index is 13.7. The number of nitrogens with zero attached hydrogens (tertiary/aromatic N) is 2.